The number of imidazole rings is 1. The van der Waals surface area contributed by atoms with Crippen LogP contribution in [0.4, 0.5) is 0 Å². The summed E-state index contributed by atoms with van der Waals surface area (Å²) in [4.78, 5) is 4.62. The van der Waals surface area contributed by atoms with Gasteiger partial charge in [0, 0.05) is 18.8 Å². The molecule has 0 spiro atoms. The van der Waals surface area contributed by atoms with Crippen LogP contribution in [0, 0.1) is 0 Å². The van der Waals surface area contributed by atoms with E-state index in [9.17, 15) is 0 Å². The highest BCUT2D eigenvalue weighted by Crippen LogP contribution is 2.24. The summed E-state index contributed by atoms with van der Waals surface area (Å²) in [5.74, 6) is 0. The van der Waals surface area contributed by atoms with E-state index in [1.54, 1.807) is 11.8 Å². The van der Waals surface area contributed by atoms with E-state index in [4.69, 9.17) is 0 Å². The molecule has 0 unspecified atom stereocenters. The SMILES string of the molecule is CSc1nc2ccccn2c1CNC1CC1. The van der Waals surface area contributed by atoms with Crippen LogP contribution >= 0.6 is 11.8 Å². The lowest BCUT2D eigenvalue weighted by Gasteiger charge is -2.04. The Balaban J connectivity index is 1.97. The quantitative estimate of drug-likeness (QED) is 0.822. The van der Waals surface area contributed by atoms with E-state index < -0.39 is 0 Å². The molecule has 1 fully saturated rings. The fourth-order valence-electron chi connectivity index (χ4n) is 1.88. The minimum Gasteiger partial charge on any atom is -0.308 e. The van der Waals surface area contributed by atoms with Crippen molar-refractivity contribution in [2.45, 2.75) is 30.5 Å². The smallest absolute Gasteiger partial charge is 0.138 e. The molecule has 0 amide bonds. The minimum atomic E-state index is 0.740. The molecule has 3 rings (SSSR count). The van der Waals surface area contributed by atoms with Crippen LogP contribution in [-0.4, -0.2) is 21.7 Å². The van der Waals surface area contributed by atoms with Crippen LogP contribution in [0.5, 0.6) is 0 Å². The van der Waals surface area contributed by atoms with Crippen molar-refractivity contribution in [1.29, 1.82) is 0 Å². The molecule has 0 bridgehead atoms. The first-order valence-electron chi connectivity index (χ1n) is 5.62. The van der Waals surface area contributed by atoms with Gasteiger partial charge in [-0.3, -0.25) is 0 Å². The van der Waals surface area contributed by atoms with Gasteiger partial charge >= 0.3 is 0 Å². The van der Waals surface area contributed by atoms with E-state index >= 15 is 0 Å². The monoisotopic (exact) mass is 233 g/mol. The third-order valence-corrected chi connectivity index (χ3v) is 3.63. The van der Waals surface area contributed by atoms with E-state index in [0.717, 1.165) is 23.3 Å². The van der Waals surface area contributed by atoms with Gasteiger partial charge in [-0.25, -0.2) is 4.98 Å². The van der Waals surface area contributed by atoms with Crippen LogP contribution in [0.3, 0.4) is 0 Å². The molecule has 1 aliphatic rings. The van der Waals surface area contributed by atoms with Crippen LogP contribution in [0.15, 0.2) is 29.4 Å². The Labute approximate surface area is 99.3 Å². The van der Waals surface area contributed by atoms with Gasteiger partial charge in [0.1, 0.15) is 10.7 Å². The van der Waals surface area contributed by atoms with Crippen LogP contribution in [0.1, 0.15) is 18.5 Å². The molecule has 0 aliphatic heterocycles. The molecule has 0 saturated heterocycles. The van der Waals surface area contributed by atoms with Crippen molar-refractivity contribution in [3.63, 3.8) is 0 Å². The summed E-state index contributed by atoms with van der Waals surface area (Å²) >= 11 is 1.72. The topological polar surface area (TPSA) is 29.3 Å². The van der Waals surface area contributed by atoms with Crippen LogP contribution in [0.25, 0.3) is 5.65 Å². The summed E-state index contributed by atoms with van der Waals surface area (Å²) in [7, 11) is 0. The van der Waals surface area contributed by atoms with Gasteiger partial charge in [0.25, 0.3) is 0 Å². The van der Waals surface area contributed by atoms with Crippen molar-refractivity contribution in [2.75, 3.05) is 6.26 Å². The first-order valence-corrected chi connectivity index (χ1v) is 6.84. The summed E-state index contributed by atoms with van der Waals surface area (Å²) in [6, 6.07) is 6.88. The molecule has 84 valence electrons. The van der Waals surface area contributed by atoms with Crippen molar-refractivity contribution < 1.29 is 0 Å². The maximum atomic E-state index is 4.62. The molecule has 2 aromatic heterocycles. The number of fused-ring (bicyclic) bond motifs is 1. The van der Waals surface area contributed by atoms with Crippen molar-refractivity contribution >= 4 is 17.4 Å². The molecule has 1 aliphatic carbocycles. The zero-order chi connectivity index (χ0) is 11.0. The average Bonchev–Trinajstić information content (AvgIpc) is 3.07. The lowest BCUT2D eigenvalue weighted by Crippen LogP contribution is -2.17. The lowest BCUT2D eigenvalue weighted by molar-refractivity contribution is 0.661. The van der Waals surface area contributed by atoms with Crippen molar-refractivity contribution in [1.82, 2.24) is 14.7 Å². The molecule has 4 heteroatoms. The average molecular weight is 233 g/mol. The van der Waals surface area contributed by atoms with Gasteiger partial charge in [0.15, 0.2) is 0 Å². The van der Waals surface area contributed by atoms with Crippen LogP contribution in [-0.2, 0) is 6.54 Å². The largest absolute Gasteiger partial charge is 0.308 e. The Morgan fingerprint density at radius 2 is 2.38 bits per heavy atom. The fourth-order valence-corrected chi connectivity index (χ4v) is 2.47. The Bertz CT molecular complexity index is 502. The van der Waals surface area contributed by atoms with E-state index in [-0.39, 0.29) is 0 Å². The number of nitrogens with zero attached hydrogens (tertiary/aromatic N) is 2. The molecule has 16 heavy (non-hydrogen) atoms. The standard InChI is InChI=1S/C12H15N3S/c1-16-12-10(8-13-9-5-6-9)15-7-3-2-4-11(15)14-12/h2-4,7,9,13H,5-6,8H2,1H3. The Morgan fingerprint density at radius 3 is 3.12 bits per heavy atom. The first-order chi connectivity index (χ1) is 7.88. The second kappa shape index (κ2) is 4.11. The first kappa shape index (κ1) is 10.2. The summed E-state index contributed by atoms with van der Waals surface area (Å²) in [5, 5.41) is 4.69. The van der Waals surface area contributed by atoms with E-state index in [2.05, 4.69) is 39.3 Å². The summed E-state index contributed by atoms with van der Waals surface area (Å²) < 4.78 is 2.18. The maximum absolute atomic E-state index is 4.62. The summed E-state index contributed by atoms with van der Waals surface area (Å²) in [5.41, 5.74) is 2.33. The van der Waals surface area contributed by atoms with Crippen molar-refractivity contribution in [3.05, 3.63) is 30.1 Å². The molecular weight excluding hydrogens is 218 g/mol. The number of hydrogen-bond donors (Lipinski definition) is 1. The lowest BCUT2D eigenvalue weighted by atomic mass is 10.4. The Hall–Kier alpha value is -1.00. The van der Waals surface area contributed by atoms with Gasteiger partial charge in [-0.2, -0.15) is 0 Å². The van der Waals surface area contributed by atoms with Crippen molar-refractivity contribution in [3.8, 4) is 0 Å². The Morgan fingerprint density at radius 1 is 1.50 bits per heavy atom. The maximum Gasteiger partial charge on any atom is 0.138 e. The molecule has 0 radical (unpaired) electrons. The normalized spacial score (nSPS) is 15.8. The van der Waals surface area contributed by atoms with E-state index in [1.807, 2.05) is 6.07 Å². The van der Waals surface area contributed by atoms with Gasteiger partial charge in [-0.15, -0.1) is 11.8 Å². The number of nitrogens with one attached hydrogen (secondary N) is 1. The second-order valence-electron chi connectivity index (χ2n) is 4.15. The van der Waals surface area contributed by atoms with Gasteiger partial charge in [-0.1, -0.05) is 6.07 Å². The molecule has 0 aromatic carbocycles. The molecular formula is C12H15N3S. The molecule has 2 heterocycles. The van der Waals surface area contributed by atoms with Crippen LogP contribution < -0.4 is 5.32 Å². The third-order valence-electron chi connectivity index (χ3n) is 2.92. The van der Waals surface area contributed by atoms with Gasteiger partial charge < -0.3 is 9.72 Å². The highest BCUT2D eigenvalue weighted by Gasteiger charge is 2.21. The highest BCUT2D eigenvalue weighted by atomic mass is 32.2. The van der Waals surface area contributed by atoms with Crippen molar-refractivity contribution in [2.24, 2.45) is 0 Å². The molecule has 1 saturated carbocycles. The zero-order valence-corrected chi connectivity index (χ0v) is 10.1. The summed E-state index contributed by atoms with van der Waals surface area (Å²) in [6.07, 6.45) is 6.82. The number of rotatable bonds is 4. The molecule has 2 aromatic rings. The highest BCUT2D eigenvalue weighted by molar-refractivity contribution is 7.98. The number of hydrogen-bond acceptors (Lipinski definition) is 3. The number of aromatic nitrogens is 2. The number of pyridine rings is 1. The van der Waals surface area contributed by atoms with E-state index in [0.29, 0.717) is 0 Å². The third kappa shape index (κ3) is 1.83. The van der Waals surface area contributed by atoms with Crippen LogP contribution in [0.2, 0.25) is 0 Å². The minimum absolute atomic E-state index is 0.740. The second-order valence-corrected chi connectivity index (χ2v) is 4.95. The van der Waals surface area contributed by atoms with Gasteiger partial charge in [0.2, 0.25) is 0 Å². The molecule has 3 nitrogen and oxygen atoms in total. The summed E-state index contributed by atoms with van der Waals surface area (Å²) in [6.45, 7) is 0.923. The predicted octanol–water partition coefficient (Wildman–Crippen LogP) is 2.31. The fraction of sp³-hybridized carbons (Fsp3) is 0.417. The van der Waals surface area contributed by atoms with Gasteiger partial charge in [-0.05, 0) is 31.2 Å². The Kier molecular flexibility index (Phi) is 2.61. The van der Waals surface area contributed by atoms with Gasteiger partial charge in [0.05, 0.1) is 5.69 Å². The zero-order valence-electron chi connectivity index (χ0n) is 9.31. The predicted molar refractivity (Wildman–Crippen MR) is 66.8 cm³/mol. The molecule has 1 N–H and O–H groups in total. The molecule has 0 atom stereocenters. The number of thioether (sulfide) groups is 1. The van der Waals surface area contributed by atoms with E-state index in [1.165, 1.54) is 18.5 Å².